The van der Waals surface area contributed by atoms with Gasteiger partial charge in [0.1, 0.15) is 0 Å². The van der Waals surface area contributed by atoms with Gasteiger partial charge in [-0.2, -0.15) is 13.2 Å². The van der Waals surface area contributed by atoms with Crippen LogP contribution >= 0.6 is 0 Å². The van der Waals surface area contributed by atoms with E-state index in [0.717, 1.165) is 0 Å². The zero-order chi connectivity index (χ0) is 13.9. The van der Waals surface area contributed by atoms with Crippen molar-refractivity contribution in [2.24, 2.45) is 5.73 Å². The van der Waals surface area contributed by atoms with Crippen LogP contribution in [0.3, 0.4) is 0 Å². The van der Waals surface area contributed by atoms with Gasteiger partial charge in [0, 0.05) is 31.9 Å². The maximum atomic E-state index is 13.2. The third-order valence-electron chi connectivity index (χ3n) is 3.26. The summed E-state index contributed by atoms with van der Waals surface area (Å²) in [6, 6.07) is 4.53. The normalized spacial score (nSPS) is 16.7. The molecule has 1 aromatic rings. The molecule has 19 heavy (non-hydrogen) atoms. The highest BCUT2D eigenvalue weighted by Gasteiger charge is 2.35. The van der Waals surface area contributed by atoms with E-state index in [4.69, 9.17) is 5.73 Å². The van der Waals surface area contributed by atoms with Crippen molar-refractivity contribution in [3.63, 3.8) is 0 Å². The summed E-state index contributed by atoms with van der Waals surface area (Å²) in [5.41, 5.74) is 5.75. The zero-order valence-corrected chi connectivity index (χ0v) is 10.6. The molecule has 1 saturated heterocycles. The maximum Gasteiger partial charge on any atom is 0.418 e. The predicted molar refractivity (Wildman–Crippen MR) is 69.3 cm³/mol. The molecule has 0 spiro atoms. The molecule has 3 nitrogen and oxygen atoms in total. The molecule has 0 bridgehead atoms. The first-order valence-electron chi connectivity index (χ1n) is 6.38. The first-order chi connectivity index (χ1) is 9.02. The molecule has 2 rings (SSSR count). The molecular formula is C13H18F3N3. The number of halogens is 3. The quantitative estimate of drug-likeness (QED) is 0.879. The van der Waals surface area contributed by atoms with Crippen molar-refractivity contribution in [3.8, 4) is 0 Å². The molecule has 0 amide bonds. The Bertz CT molecular complexity index is 426. The highest BCUT2D eigenvalue weighted by molar-refractivity contribution is 5.57. The van der Waals surface area contributed by atoms with Crippen molar-refractivity contribution in [2.75, 3.05) is 37.6 Å². The van der Waals surface area contributed by atoms with Gasteiger partial charge in [0.2, 0.25) is 0 Å². The van der Waals surface area contributed by atoms with Crippen molar-refractivity contribution in [1.82, 2.24) is 5.32 Å². The molecule has 0 aliphatic carbocycles. The molecule has 0 unspecified atom stereocenters. The molecule has 0 aromatic heterocycles. The molecule has 106 valence electrons. The van der Waals surface area contributed by atoms with Gasteiger partial charge >= 0.3 is 6.18 Å². The van der Waals surface area contributed by atoms with Crippen LogP contribution in [-0.2, 0) is 12.6 Å². The summed E-state index contributed by atoms with van der Waals surface area (Å²) in [6.45, 7) is 2.96. The zero-order valence-electron chi connectivity index (χ0n) is 10.6. The second kappa shape index (κ2) is 5.79. The van der Waals surface area contributed by atoms with E-state index in [2.05, 4.69) is 5.32 Å². The summed E-state index contributed by atoms with van der Waals surface area (Å²) < 4.78 is 39.5. The lowest BCUT2D eigenvalue weighted by molar-refractivity contribution is -0.137. The van der Waals surface area contributed by atoms with Crippen LogP contribution in [0, 0.1) is 0 Å². The number of nitrogens with two attached hydrogens (primary N) is 1. The Kier molecular flexibility index (Phi) is 4.31. The Morgan fingerprint density at radius 3 is 2.47 bits per heavy atom. The summed E-state index contributed by atoms with van der Waals surface area (Å²) in [4.78, 5) is 1.78. The Morgan fingerprint density at radius 2 is 1.89 bits per heavy atom. The van der Waals surface area contributed by atoms with Gasteiger partial charge in [-0.05, 0) is 30.7 Å². The van der Waals surface area contributed by atoms with Gasteiger partial charge in [0.15, 0.2) is 0 Å². The second-order valence-corrected chi connectivity index (χ2v) is 4.62. The van der Waals surface area contributed by atoms with E-state index in [1.165, 1.54) is 6.07 Å². The number of alkyl halides is 3. The van der Waals surface area contributed by atoms with E-state index in [0.29, 0.717) is 44.7 Å². The fraction of sp³-hybridized carbons (Fsp3) is 0.538. The molecular weight excluding hydrogens is 255 g/mol. The van der Waals surface area contributed by atoms with Crippen LogP contribution in [0.4, 0.5) is 18.9 Å². The van der Waals surface area contributed by atoms with Crippen LogP contribution in [0.5, 0.6) is 0 Å². The van der Waals surface area contributed by atoms with Crippen LogP contribution in [0.1, 0.15) is 11.1 Å². The topological polar surface area (TPSA) is 41.3 Å². The summed E-state index contributed by atoms with van der Waals surface area (Å²) in [5, 5.41) is 3.13. The molecule has 1 aromatic carbocycles. The number of benzene rings is 1. The number of anilines is 1. The fourth-order valence-electron chi connectivity index (χ4n) is 2.31. The van der Waals surface area contributed by atoms with Crippen molar-refractivity contribution < 1.29 is 13.2 Å². The first kappa shape index (κ1) is 14.1. The van der Waals surface area contributed by atoms with E-state index in [-0.39, 0.29) is 5.69 Å². The molecule has 6 heteroatoms. The smallest absolute Gasteiger partial charge is 0.368 e. The molecule has 1 aliphatic heterocycles. The van der Waals surface area contributed by atoms with Crippen LogP contribution < -0.4 is 16.0 Å². The molecule has 1 fully saturated rings. The summed E-state index contributed by atoms with van der Waals surface area (Å²) in [5.74, 6) is 0. The van der Waals surface area contributed by atoms with E-state index in [1.807, 2.05) is 0 Å². The van der Waals surface area contributed by atoms with Gasteiger partial charge < -0.3 is 16.0 Å². The standard InChI is InChI=1S/C13H18F3N3/c14-13(15,16)11-9-10(3-4-17)1-2-12(11)19-7-5-18-6-8-19/h1-2,9,18H,3-8,17H2. The molecule has 1 heterocycles. The first-order valence-corrected chi connectivity index (χ1v) is 6.38. The Balaban J connectivity index is 2.35. The van der Waals surface area contributed by atoms with Crippen LogP contribution in [0.15, 0.2) is 18.2 Å². The Labute approximate surface area is 110 Å². The lowest BCUT2D eigenvalue weighted by Crippen LogP contribution is -2.44. The van der Waals surface area contributed by atoms with Gasteiger partial charge in [-0.1, -0.05) is 6.07 Å². The van der Waals surface area contributed by atoms with Crippen molar-refractivity contribution in [1.29, 1.82) is 0 Å². The van der Waals surface area contributed by atoms with E-state index >= 15 is 0 Å². The Morgan fingerprint density at radius 1 is 1.21 bits per heavy atom. The highest BCUT2D eigenvalue weighted by Crippen LogP contribution is 2.37. The van der Waals surface area contributed by atoms with E-state index < -0.39 is 11.7 Å². The van der Waals surface area contributed by atoms with E-state index in [9.17, 15) is 13.2 Å². The number of hydrogen-bond donors (Lipinski definition) is 2. The molecule has 0 radical (unpaired) electrons. The number of piperazine rings is 1. The molecule has 0 saturated carbocycles. The van der Waals surface area contributed by atoms with Gasteiger partial charge in [-0.25, -0.2) is 0 Å². The SMILES string of the molecule is NCCc1ccc(N2CCNCC2)c(C(F)(F)F)c1. The Hall–Kier alpha value is -1.27. The average Bonchev–Trinajstić information content (AvgIpc) is 2.39. The minimum atomic E-state index is -4.33. The van der Waals surface area contributed by atoms with Crippen LogP contribution in [0.2, 0.25) is 0 Å². The average molecular weight is 273 g/mol. The highest BCUT2D eigenvalue weighted by atomic mass is 19.4. The summed E-state index contributed by atoms with van der Waals surface area (Å²) in [6.07, 6.45) is -3.87. The van der Waals surface area contributed by atoms with Gasteiger partial charge in [0.25, 0.3) is 0 Å². The number of rotatable bonds is 3. The van der Waals surface area contributed by atoms with Crippen molar-refractivity contribution >= 4 is 5.69 Å². The molecule has 3 N–H and O–H groups in total. The van der Waals surface area contributed by atoms with Gasteiger partial charge in [-0.3, -0.25) is 0 Å². The third kappa shape index (κ3) is 3.39. The largest absolute Gasteiger partial charge is 0.418 e. The second-order valence-electron chi connectivity index (χ2n) is 4.62. The third-order valence-corrected chi connectivity index (χ3v) is 3.26. The number of nitrogens with zero attached hydrogens (tertiary/aromatic N) is 1. The monoisotopic (exact) mass is 273 g/mol. The summed E-state index contributed by atoms with van der Waals surface area (Å²) in [7, 11) is 0. The minimum absolute atomic E-state index is 0.273. The maximum absolute atomic E-state index is 13.2. The lowest BCUT2D eigenvalue weighted by atomic mass is 10.0. The van der Waals surface area contributed by atoms with E-state index in [1.54, 1.807) is 17.0 Å². The lowest BCUT2D eigenvalue weighted by Gasteiger charge is -2.31. The fourth-order valence-corrected chi connectivity index (χ4v) is 2.31. The van der Waals surface area contributed by atoms with Gasteiger partial charge in [-0.15, -0.1) is 0 Å². The van der Waals surface area contributed by atoms with Crippen molar-refractivity contribution in [3.05, 3.63) is 29.3 Å². The summed E-state index contributed by atoms with van der Waals surface area (Å²) >= 11 is 0. The van der Waals surface area contributed by atoms with Crippen LogP contribution in [0.25, 0.3) is 0 Å². The predicted octanol–water partition coefficient (Wildman–Crippen LogP) is 1.62. The molecule has 1 aliphatic rings. The van der Waals surface area contributed by atoms with Crippen LogP contribution in [-0.4, -0.2) is 32.7 Å². The molecule has 0 atom stereocenters. The number of nitrogens with one attached hydrogen (secondary N) is 1. The van der Waals surface area contributed by atoms with Gasteiger partial charge in [0.05, 0.1) is 5.56 Å². The minimum Gasteiger partial charge on any atom is -0.368 e. The van der Waals surface area contributed by atoms with Crippen molar-refractivity contribution in [2.45, 2.75) is 12.6 Å². The number of hydrogen-bond acceptors (Lipinski definition) is 3.